The van der Waals surface area contributed by atoms with Gasteiger partial charge in [-0.15, -0.1) is 0 Å². The summed E-state index contributed by atoms with van der Waals surface area (Å²) in [6.45, 7) is 3.95. The number of fused-ring (bicyclic) bond motifs is 4. The number of aryl methyl sites for hydroxylation is 1. The van der Waals surface area contributed by atoms with Crippen LogP contribution in [0, 0.1) is 6.92 Å². The number of anilines is 1. The molecule has 1 saturated heterocycles. The van der Waals surface area contributed by atoms with Crippen LogP contribution in [0.15, 0.2) is 40.9 Å². The number of ether oxygens (including phenoxy) is 2. The van der Waals surface area contributed by atoms with Crippen LogP contribution in [0.4, 0.5) is 10.5 Å². The Bertz CT molecular complexity index is 870. The lowest BCUT2D eigenvalue weighted by Gasteiger charge is -2.50. The maximum atomic E-state index is 12.9. The minimum absolute atomic E-state index is 0.0934. The van der Waals surface area contributed by atoms with Crippen LogP contribution in [0.1, 0.15) is 30.5 Å². The Morgan fingerprint density at radius 1 is 1.36 bits per heavy atom. The molecule has 2 amide bonds. The molecule has 0 aliphatic carbocycles. The van der Waals surface area contributed by atoms with Gasteiger partial charge < -0.3 is 14.8 Å². The summed E-state index contributed by atoms with van der Waals surface area (Å²) in [5.41, 5.74) is 2.04. The van der Waals surface area contributed by atoms with Gasteiger partial charge in [0.15, 0.2) is 17.2 Å². The normalized spacial score (nSPS) is 24.2. The summed E-state index contributed by atoms with van der Waals surface area (Å²) in [6.07, 6.45) is 0.661. The van der Waals surface area contributed by atoms with Crippen molar-refractivity contribution in [3.63, 3.8) is 0 Å². The van der Waals surface area contributed by atoms with E-state index in [2.05, 4.69) is 21.2 Å². The summed E-state index contributed by atoms with van der Waals surface area (Å²) in [5, 5.41) is 3.10. The van der Waals surface area contributed by atoms with E-state index in [1.807, 2.05) is 50.2 Å². The van der Waals surface area contributed by atoms with Gasteiger partial charge in [-0.2, -0.15) is 0 Å². The van der Waals surface area contributed by atoms with E-state index >= 15 is 0 Å². The zero-order valence-electron chi connectivity index (χ0n) is 14.3. The average Bonchev–Trinajstić information content (AvgIpc) is 2.57. The average molecular weight is 403 g/mol. The van der Waals surface area contributed by atoms with Crippen LogP contribution in [-0.4, -0.2) is 18.9 Å². The third-order valence-electron chi connectivity index (χ3n) is 4.88. The maximum absolute atomic E-state index is 12.9. The van der Waals surface area contributed by atoms with Gasteiger partial charge in [-0.05, 0) is 43.7 Å². The molecule has 2 aromatic rings. The first-order valence-electron chi connectivity index (χ1n) is 8.16. The van der Waals surface area contributed by atoms with Gasteiger partial charge in [-0.1, -0.05) is 28.1 Å². The van der Waals surface area contributed by atoms with Crippen molar-refractivity contribution >= 4 is 27.6 Å². The minimum Gasteiger partial charge on any atom is -0.493 e. The van der Waals surface area contributed by atoms with Gasteiger partial charge in [0, 0.05) is 22.1 Å². The van der Waals surface area contributed by atoms with Gasteiger partial charge in [-0.3, -0.25) is 4.90 Å². The van der Waals surface area contributed by atoms with Crippen molar-refractivity contribution in [2.75, 3.05) is 12.0 Å². The molecule has 2 aliphatic rings. The summed E-state index contributed by atoms with van der Waals surface area (Å²) in [7, 11) is 1.63. The highest BCUT2D eigenvalue weighted by atomic mass is 79.9. The Hall–Kier alpha value is -2.21. The van der Waals surface area contributed by atoms with Gasteiger partial charge in [0.1, 0.15) is 0 Å². The second kappa shape index (κ2) is 5.66. The highest BCUT2D eigenvalue weighted by Gasteiger charge is 2.50. The minimum atomic E-state index is -0.783. The number of methoxy groups -OCH3 is 1. The van der Waals surface area contributed by atoms with E-state index in [0.29, 0.717) is 17.9 Å². The van der Waals surface area contributed by atoms with Gasteiger partial charge >= 0.3 is 6.03 Å². The topological polar surface area (TPSA) is 50.8 Å². The molecule has 0 unspecified atom stereocenters. The zero-order chi connectivity index (χ0) is 17.8. The van der Waals surface area contributed by atoms with Crippen LogP contribution in [0.25, 0.3) is 0 Å². The lowest BCUT2D eigenvalue weighted by atomic mass is 9.90. The van der Waals surface area contributed by atoms with Gasteiger partial charge in [0.25, 0.3) is 0 Å². The van der Waals surface area contributed by atoms with Crippen molar-refractivity contribution in [1.82, 2.24) is 5.32 Å². The summed E-state index contributed by atoms with van der Waals surface area (Å²) in [5.74, 6) is 1.37. The molecule has 2 heterocycles. The number of amides is 2. The third kappa shape index (κ3) is 2.47. The van der Waals surface area contributed by atoms with Gasteiger partial charge in [0.2, 0.25) is 0 Å². The van der Waals surface area contributed by atoms with E-state index in [1.54, 1.807) is 12.0 Å². The van der Waals surface area contributed by atoms with Crippen LogP contribution in [-0.2, 0) is 0 Å². The van der Waals surface area contributed by atoms with Crippen LogP contribution < -0.4 is 19.7 Å². The van der Waals surface area contributed by atoms with Crippen LogP contribution >= 0.6 is 15.9 Å². The predicted octanol–water partition coefficient (Wildman–Crippen LogP) is 4.54. The highest BCUT2D eigenvalue weighted by molar-refractivity contribution is 9.10. The zero-order valence-corrected chi connectivity index (χ0v) is 15.9. The van der Waals surface area contributed by atoms with Crippen molar-refractivity contribution in [1.29, 1.82) is 0 Å². The molecule has 0 aromatic heterocycles. The molecule has 2 atom stereocenters. The molecule has 4 rings (SSSR count). The lowest BCUT2D eigenvalue weighted by molar-refractivity contribution is 0.0349. The monoisotopic (exact) mass is 402 g/mol. The van der Waals surface area contributed by atoms with Gasteiger partial charge in [0.05, 0.1) is 13.2 Å². The van der Waals surface area contributed by atoms with Crippen LogP contribution in [0.2, 0.25) is 0 Å². The van der Waals surface area contributed by atoms with Crippen molar-refractivity contribution < 1.29 is 14.3 Å². The first kappa shape index (κ1) is 16.3. The van der Waals surface area contributed by atoms with Crippen molar-refractivity contribution in [3.05, 3.63) is 52.0 Å². The number of rotatable bonds is 2. The van der Waals surface area contributed by atoms with Crippen LogP contribution in [0.3, 0.4) is 0 Å². The lowest BCUT2D eigenvalue weighted by Crippen LogP contribution is -2.65. The second-order valence-electron chi connectivity index (χ2n) is 6.63. The summed E-state index contributed by atoms with van der Waals surface area (Å²) >= 11 is 3.51. The Labute approximate surface area is 155 Å². The van der Waals surface area contributed by atoms with E-state index in [-0.39, 0.29) is 12.1 Å². The molecular formula is C19H19BrN2O3. The largest absolute Gasteiger partial charge is 0.493 e. The fraction of sp³-hybridized carbons (Fsp3) is 0.316. The summed E-state index contributed by atoms with van der Waals surface area (Å²) < 4.78 is 12.8. The number of halogens is 1. The molecule has 0 saturated carbocycles. The Kier molecular flexibility index (Phi) is 3.68. The quantitative estimate of drug-likeness (QED) is 0.802. The second-order valence-corrected chi connectivity index (χ2v) is 7.49. The van der Waals surface area contributed by atoms with Crippen molar-refractivity contribution in [2.45, 2.75) is 32.0 Å². The molecule has 1 fully saturated rings. The Morgan fingerprint density at radius 3 is 2.88 bits per heavy atom. The number of hydrogen-bond donors (Lipinski definition) is 1. The molecule has 130 valence electrons. The highest BCUT2D eigenvalue weighted by Crippen LogP contribution is 2.49. The Morgan fingerprint density at radius 2 is 2.16 bits per heavy atom. The van der Waals surface area contributed by atoms with Gasteiger partial charge in [-0.25, -0.2) is 4.79 Å². The van der Waals surface area contributed by atoms with E-state index in [0.717, 1.165) is 21.3 Å². The standard InChI is InChI=1S/C19H19BrN2O3/c1-11-9-12(7-8-14(11)20)22-18(23)21-15-10-19(22,2)25-17-13(15)5-4-6-16(17)24-3/h4-9,15H,10H2,1-3H3,(H,21,23)/t15-,19-/m0/s1. The van der Waals surface area contributed by atoms with Crippen molar-refractivity contribution in [3.8, 4) is 11.5 Å². The molecule has 2 aromatic carbocycles. The first-order chi connectivity index (χ1) is 11.9. The summed E-state index contributed by atoms with van der Waals surface area (Å²) in [6, 6.07) is 11.4. The number of hydrogen-bond acceptors (Lipinski definition) is 3. The molecule has 0 radical (unpaired) electrons. The fourth-order valence-corrected chi connectivity index (χ4v) is 3.93. The van der Waals surface area contributed by atoms with E-state index < -0.39 is 5.72 Å². The predicted molar refractivity (Wildman–Crippen MR) is 99.3 cm³/mol. The Balaban J connectivity index is 1.82. The molecule has 25 heavy (non-hydrogen) atoms. The van der Waals surface area contributed by atoms with E-state index in [9.17, 15) is 4.79 Å². The molecule has 1 N–H and O–H groups in total. The molecule has 5 nitrogen and oxygen atoms in total. The number of carbonyl (C=O) groups is 1. The first-order valence-corrected chi connectivity index (χ1v) is 8.95. The maximum Gasteiger partial charge on any atom is 0.325 e. The molecule has 2 aliphatic heterocycles. The smallest absolute Gasteiger partial charge is 0.325 e. The van der Waals surface area contributed by atoms with E-state index in [1.165, 1.54) is 0 Å². The molecule has 6 heteroatoms. The molecule has 0 spiro atoms. The number of carbonyl (C=O) groups excluding carboxylic acids is 1. The van der Waals surface area contributed by atoms with E-state index in [4.69, 9.17) is 9.47 Å². The molecular weight excluding hydrogens is 384 g/mol. The summed E-state index contributed by atoms with van der Waals surface area (Å²) in [4.78, 5) is 14.6. The number of para-hydroxylation sites is 1. The number of urea groups is 1. The number of benzene rings is 2. The third-order valence-corrected chi connectivity index (χ3v) is 5.77. The van der Waals surface area contributed by atoms with Crippen molar-refractivity contribution in [2.24, 2.45) is 0 Å². The molecule has 2 bridgehead atoms. The SMILES string of the molecule is COc1cccc2c1O[C@@]1(C)C[C@@H]2NC(=O)N1c1ccc(Br)c(C)c1. The number of nitrogens with one attached hydrogen (secondary N) is 1. The number of nitrogens with zero attached hydrogens (tertiary/aromatic N) is 1. The van der Waals surface area contributed by atoms with Crippen LogP contribution in [0.5, 0.6) is 11.5 Å². The fourth-order valence-electron chi connectivity index (χ4n) is 3.68.